The van der Waals surface area contributed by atoms with Crippen LogP contribution in [0.3, 0.4) is 0 Å². The van der Waals surface area contributed by atoms with Crippen molar-refractivity contribution in [2.45, 2.75) is 26.8 Å². The van der Waals surface area contributed by atoms with E-state index in [2.05, 4.69) is 20.8 Å². The SMILES string of the molecule is CC(C)N1C[C@@H](C)CO1. The van der Waals surface area contributed by atoms with Crippen molar-refractivity contribution in [1.29, 1.82) is 0 Å². The monoisotopic (exact) mass is 129 g/mol. The van der Waals surface area contributed by atoms with Gasteiger partial charge in [-0.2, -0.15) is 5.06 Å². The average Bonchev–Trinajstić information content (AvgIpc) is 2.14. The van der Waals surface area contributed by atoms with E-state index in [1.165, 1.54) is 0 Å². The molecule has 1 aliphatic heterocycles. The van der Waals surface area contributed by atoms with Crippen LogP contribution in [0, 0.1) is 5.92 Å². The number of hydrogen-bond donors (Lipinski definition) is 0. The number of nitrogens with zero attached hydrogens (tertiary/aromatic N) is 1. The van der Waals surface area contributed by atoms with E-state index in [1.54, 1.807) is 0 Å². The molecular weight excluding hydrogens is 114 g/mol. The van der Waals surface area contributed by atoms with E-state index < -0.39 is 0 Å². The average molecular weight is 129 g/mol. The molecule has 0 amide bonds. The van der Waals surface area contributed by atoms with Gasteiger partial charge in [0.15, 0.2) is 0 Å². The quantitative estimate of drug-likeness (QED) is 0.528. The second-order valence-corrected chi connectivity index (χ2v) is 3.09. The Bertz CT molecular complexity index is 92.9. The maximum Gasteiger partial charge on any atom is 0.0723 e. The Hall–Kier alpha value is -0.0800. The summed E-state index contributed by atoms with van der Waals surface area (Å²) in [6.45, 7) is 8.51. The van der Waals surface area contributed by atoms with Crippen molar-refractivity contribution in [3.63, 3.8) is 0 Å². The molecule has 1 rings (SSSR count). The third kappa shape index (κ3) is 1.66. The van der Waals surface area contributed by atoms with Crippen LogP contribution in [-0.2, 0) is 4.84 Å². The zero-order chi connectivity index (χ0) is 6.85. The highest BCUT2D eigenvalue weighted by Crippen LogP contribution is 2.13. The summed E-state index contributed by atoms with van der Waals surface area (Å²) < 4.78 is 0. The van der Waals surface area contributed by atoms with Crippen LogP contribution in [-0.4, -0.2) is 24.3 Å². The molecular formula is C7H15NO. The first-order valence-corrected chi connectivity index (χ1v) is 3.59. The van der Waals surface area contributed by atoms with Crippen molar-refractivity contribution < 1.29 is 4.84 Å². The van der Waals surface area contributed by atoms with Crippen molar-refractivity contribution in [3.05, 3.63) is 0 Å². The van der Waals surface area contributed by atoms with Crippen molar-refractivity contribution >= 4 is 0 Å². The maximum atomic E-state index is 5.36. The zero-order valence-electron chi connectivity index (χ0n) is 6.42. The van der Waals surface area contributed by atoms with Crippen molar-refractivity contribution in [3.8, 4) is 0 Å². The standard InChI is InChI=1S/C7H15NO/c1-6(2)8-4-7(3)5-9-8/h6-7H,4-5H2,1-3H3/t7-/m1/s1. The molecule has 1 saturated heterocycles. The first kappa shape index (κ1) is 7.03. The van der Waals surface area contributed by atoms with Gasteiger partial charge in [0.1, 0.15) is 0 Å². The molecule has 1 heterocycles. The first-order valence-electron chi connectivity index (χ1n) is 3.59. The second kappa shape index (κ2) is 2.67. The Morgan fingerprint density at radius 3 is 2.44 bits per heavy atom. The van der Waals surface area contributed by atoms with E-state index in [9.17, 15) is 0 Å². The normalized spacial score (nSPS) is 30.0. The Morgan fingerprint density at radius 1 is 1.56 bits per heavy atom. The molecule has 0 aromatic heterocycles. The summed E-state index contributed by atoms with van der Waals surface area (Å²) in [5, 5.41) is 2.05. The largest absolute Gasteiger partial charge is 0.298 e. The van der Waals surface area contributed by atoms with Gasteiger partial charge in [0.25, 0.3) is 0 Å². The van der Waals surface area contributed by atoms with Gasteiger partial charge in [0, 0.05) is 12.6 Å². The van der Waals surface area contributed by atoms with Crippen LogP contribution in [0.4, 0.5) is 0 Å². The fourth-order valence-corrected chi connectivity index (χ4v) is 0.995. The van der Waals surface area contributed by atoms with Crippen molar-refractivity contribution in [2.24, 2.45) is 5.92 Å². The maximum absolute atomic E-state index is 5.36. The van der Waals surface area contributed by atoms with Crippen LogP contribution in [0.15, 0.2) is 0 Å². The van der Waals surface area contributed by atoms with Crippen molar-refractivity contribution in [2.75, 3.05) is 13.2 Å². The predicted octanol–water partition coefficient (Wildman–Crippen LogP) is 1.28. The number of hydroxylamine groups is 2. The van der Waals surface area contributed by atoms with Gasteiger partial charge in [-0.1, -0.05) is 6.92 Å². The highest BCUT2D eigenvalue weighted by atomic mass is 16.7. The van der Waals surface area contributed by atoms with E-state index >= 15 is 0 Å². The molecule has 1 fully saturated rings. The highest BCUT2D eigenvalue weighted by molar-refractivity contribution is 4.64. The number of hydrogen-bond acceptors (Lipinski definition) is 2. The van der Waals surface area contributed by atoms with Gasteiger partial charge in [-0.3, -0.25) is 4.84 Å². The van der Waals surface area contributed by atoms with Gasteiger partial charge >= 0.3 is 0 Å². The summed E-state index contributed by atoms with van der Waals surface area (Å²) in [5.74, 6) is 0.715. The van der Waals surface area contributed by atoms with Crippen LogP contribution in [0.1, 0.15) is 20.8 Å². The molecule has 0 bridgehead atoms. The lowest BCUT2D eigenvalue weighted by atomic mass is 10.2. The van der Waals surface area contributed by atoms with Crippen LogP contribution in [0.2, 0.25) is 0 Å². The minimum absolute atomic E-state index is 0.537. The second-order valence-electron chi connectivity index (χ2n) is 3.09. The molecule has 0 radical (unpaired) electrons. The molecule has 9 heavy (non-hydrogen) atoms. The van der Waals surface area contributed by atoms with Gasteiger partial charge in [-0.25, -0.2) is 0 Å². The molecule has 0 saturated carbocycles. The molecule has 54 valence electrons. The molecule has 0 aromatic carbocycles. The van der Waals surface area contributed by atoms with Gasteiger partial charge in [0.05, 0.1) is 6.61 Å². The zero-order valence-corrected chi connectivity index (χ0v) is 6.42. The Morgan fingerprint density at radius 2 is 2.22 bits per heavy atom. The minimum atomic E-state index is 0.537. The van der Waals surface area contributed by atoms with Crippen LogP contribution >= 0.6 is 0 Å². The summed E-state index contributed by atoms with van der Waals surface area (Å²) in [4.78, 5) is 5.36. The smallest absolute Gasteiger partial charge is 0.0723 e. The molecule has 0 aromatic rings. The summed E-state index contributed by atoms with van der Waals surface area (Å²) in [6.07, 6.45) is 0. The Kier molecular flexibility index (Phi) is 2.09. The van der Waals surface area contributed by atoms with Gasteiger partial charge in [0.2, 0.25) is 0 Å². The molecule has 0 spiro atoms. The molecule has 0 aliphatic carbocycles. The molecule has 0 N–H and O–H groups in total. The molecule has 0 unspecified atom stereocenters. The van der Waals surface area contributed by atoms with E-state index in [4.69, 9.17) is 4.84 Å². The first-order chi connectivity index (χ1) is 4.20. The minimum Gasteiger partial charge on any atom is -0.298 e. The summed E-state index contributed by atoms with van der Waals surface area (Å²) in [7, 11) is 0. The van der Waals surface area contributed by atoms with Gasteiger partial charge in [-0.15, -0.1) is 0 Å². The van der Waals surface area contributed by atoms with Crippen LogP contribution in [0.5, 0.6) is 0 Å². The van der Waals surface area contributed by atoms with E-state index in [0.29, 0.717) is 12.0 Å². The van der Waals surface area contributed by atoms with E-state index in [-0.39, 0.29) is 0 Å². The lowest BCUT2D eigenvalue weighted by molar-refractivity contribution is -0.132. The summed E-state index contributed by atoms with van der Waals surface area (Å²) >= 11 is 0. The summed E-state index contributed by atoms with van der Waals surface area (Å²) in [6, 6.07) is 0.537. The number of rotatable bonds is 1. The van der Waals surface area contributed by atoms with E-state index in [0.717, 1.165) is 13.2 Å². The predicted molar refractivity (Wildman–Crippen MR) is 37.0 cm³/mol. The Balaban J connectivity index is 2.30. The van der Waals surface area contributed by atoms with Crippen LogP contribution in [0.25, 0.3) is 0 Å². The molecule has 2 nitrogen and oxygen atoms in total. The summed E-state index contributed by atoms with van der Waals surface area (Å²) in [5.41, 5.74) is 0. The molecule has 1 aliphatic rings. The van der Waals surface area contributed by atoms with Crippen LogP contribution < -0.4 is 0 Å². The third-order valence-corrected chi connectivity index (χ3v) is 1.59. The van der Waals surface area contributed by atoms with Gasteiger partial charge < -0.3 is 0 Å². The lowest BCUT2D eigenvalue weighted by Crippen LogP contribution is -2.26. The third-order valence-electron chi connectivity index (χ3n) is 1.59. The highest BCUT2D eigenvalue weighted by Gasteiger charge is 2.21. The van der Waals surface area contributed by atoms with E-state index in [1.807, 2.05) is 5.06 Å². The molecule has 1 atom stereocenters. The van der Waals surface area contributed by atoms with Crippen molar-refractivity contribution in [1.82, 2.24) is 5.06 Å². The topological polar surface area (TPSA) is 12.5 Å². The fraction of sp³-hybridized carbons (Fsp3) is 1.00. The Labute approximate surface area is 56.8 Å². The molecule has 2 heteroatoms. The fourth-order valence-electron chi connectivity index (χ4n) is 0.995. The lowest BCUT2D eigenvalue weighted by Gasteiger charge is -2.17. The van der Waals surface area contributed by atoms with Gasteiger partial charge in [-0.05, 0) is 19.8 Å².